The predicted octanol–water partition coefficient (Wildman–Crippen LogP) is 2.99. The summed E-state index contributed by atoms with van der Waals surface area (Å²) < 4.78 is 105. The van der Waals surface area contributed by atoms with E-state index in [-0.39, 0.29) is 12.5 Å². The number of hydrogen-bond acceptors (Lipinski definition) is 5. The molecule has 13 heteroatoms. The molecule has 22 heavy (non-hydrogen) atoms. The van der Waals surface area contributed by atoms with Gasteiger partial charge < -0.3 is 18.0 Å². The molecule has 5 nitrogen and oxygen atoms in total. The number of halogens is 7. The molecule has 0 aliphatic rings. The molecular formula is C9H15F7O5Si. The van der Waals surface area contributed by atoms with Crippen LogP contribution in [-0.2, 0) is 22.8 Å². The van der Waals surface area contributed by atoms with Crippen molar-refractivity contribution in [3.8, 4) is 0 Å². The minimum Gasteiger partial charge on any atom is -0.377 e. The molecule has 0 bridgehead atoms. The third kappa shape index (κ3) is 8.85. The molecule has 1 atom stereocenters. The van der Waals surface area contributed by atoms with Gasteiger partial charge in [-0.15, -0.1) is 13.2 Å². The standard InChI is InChI=1S/C9H15F7O5Si/c1-17-22(18-2,21-6-20-9(14,15)16)5-3-4-19-7(10)8(11,12)13/h7H,3-6H2,1-2H3. The minimum atomic E-state index is -5.14. The van der Waals surface area contributed by atoms with Gasteiger partial charge in [0.1, 0.15) is 6.79 Å². The summed E-state index contributed by atoms with van der Waals surface area (Å²) in [7, 11) is -1.38. The van der Waals surface area contributed by atoms with Gasteiger partial charge in [0, 0.05) is 20.3 Å². The lowest BCUT2D eigenvalue weighted by molar-refractivity contribution is -0.344. The van der Waals surface area contributed by atoms with E-state index in [9.17, 15) is 30.7 Å². The molecule has 0 aromatic rings. The Bertz CT molecular complexity index is 308. The second-order valence-electron chi connectivity index (χ2n) is 3.78. The van der Waals surface area contributed by atoms with Crippen LogP contribution in [0.15, 0.2) is 0 Å². The second kappa shape index (κ2) is 8.98. The molecule has 1 unspecified atom stereocenters. The Labute approximate surface area is 122 Å². The van der Waals surface area contributed by atoms with E-state index in [1.807, 2.05) is 0 Å². The van der Waals surface area contributed by atoms with Crippen LogP contribution in [0.3, 0.4) is 0 Å². The average molecular weight is 364 g/mol. The minimum absolute atomic E-state index is 0.184. The zero-order chi connectivity index (χ0) is 17.4. The number of rotatable bonds is 10. The molecule has 0 saturated carbocycles. The van der Waals surface area contributed by atoms with Crippen LogP contribution in [0, 0.1) is 0 Å². The van der Waals surface area contributed by atoms with Crippen LogP contribution in [0.2, 0.25) is 6.04 Å². The predicted molar refractivity (Wildman–Crippen MR) is 59.2 cm³/mol. The van der Waals surface area contributed by atoms with E-state index < -0.39 is 41.1 Å². The fourth-order valence-electron chi connectivity index (χ4n) is 1.23. The number of alkyl halides is 7. The Morgan fingerprint density at radius 2 is 1.55 bits per heavy atom. The van der Waals surface area contributed by atoms with Gasteiger partial charge in [0.2, 0.25) is 0 Å². The lowest BCUT2D eigenvalue weighted by Crippen LogP contribution is -2.45. The number of ether oxygens (including phenoxy) is 2. The highest BCUT2D eigenvalue weighted by Crippen LogP contribution is 2.25. The average Bonchev–Trinajstić information content (AvgIpc) is 2.39. The fraction of sp³-hybridized carbons (Fsp3) is 1.00. The van der Waals surface area contributed by atoms with Gasteiger partial charge in [0.15, 0.2) is 0 Å². The first kappa shape index (κ1) is 21.5. The van der Waals surface area contributed by atoms with Gasteiger partial charge in [0.25, 0.3) is 6.36 Å². The van der Waals surface area contributed by atoms with Crippen LogP contribution in [0.5, 0.6) is 0 Å². The van der Waals surface area contributed by atoms with Crippen LogP contribution >= 0.6 is 0 Å². The summed E-state index contributed by atoms with van der Waals surface area (Å²) in [6.45, 7) is -1.85. The summed E-state index contributed by atoms with van der Waals surface area (Å²) in [5, 5.41) is 0. The normalized spacial score (nSPS) is 15.1. The van der Waals surface area contributed by atoms with Crippen LogP contribution in [0.25, 0.3) is 0 Å². The van der Waals surface area contributed by atoms with Gasteiger partial charge in [-0.25, -0.2) is 4.39 Å². The van der Waals surface area contributed by atoms with Gasteiger partial charge in [-0.2, -0.15) is 13.2 Å². The maximum absolute atomic E-state index is 12.5. The van der Waals surface area contributed by atoms with E-state index in [4.69, 9.17) is 13.3 Å². The summed E-state index contributed by atoms with van der Waals surface area (Å²) >= 11 is 0. The third-order valence-electron chi connectivity index (χ3n) is 2.27. The van der Waals surface area contributed by atoms with Crippen molar-refractivity contribution >= 4 is 8.80 Å². The highest BCUT2D eigenvalue weighted by Gasteiger charge is 2.43. The molecule has 0 rings (SSSR count). The van der Waals surface area contributed by atoms with Crippen LogP contribution in [0.4, 0.5) is 30.7 Å². The molecule has 0 N–H and O–H groups in total. The molecule has 0 spiro atoms. The molecular weight excluding hydrogens is 349 g/mol. The summed E-state index contributed by atoms with van der Waals surface area (Å²) in [4.78, 5) is 0. The zero-order valence-corrected chi connectivity index (χ0v) is 12.6. The van der Waals surface area contributed by atoms with E-state index in [1.54, 1.807) is 0 Å². The zero-order valence-electron chi connectivity index (χ0n) is 11.6. The van der Waals surface area contributed by atoms with E-state index in [1.165, 1.54) is 0 Å². The molecule has 0 fully saturated rings. The van der Waals surface area contributed by atoms with Crippen molar-refractivity contribution in [2.75, 3.05) is 27.6 Å². The Kier molecular flexibility index (Phi) is 8.78. The molecule has 0 aromatic carbocycles. The first-order chi connectivity index (χ1) is 9.96. The number of hydrogen-bond donors (Lipinski definition) is 0. The van der Waals surface area contributed by atoms with Crippen molar-refractivity contribution < 1.29 is 53.5 Å². The van der Waals surface area contributed by atoms with E-state index in [2.05, 4.69) is 9.47 Å². The molecule has 0 saturated heterocycles. The maximum Gasteiger partial charge on any atom is 0.524 e. The van der Waals surface area contributed by atoms with Gasteiger partial charge in [-0.1, -0.05) is 0 Å². The molecule has 0 radical (unpaired) electrons. The molecule has 0 amide bonds. The van der Waals surface area contributed by atoms with Crippen molar-refractivity contribution in [2.45, 2.75) is 31.4 Å². The first-order valence-corrected chi connectivity index (χ1v) is 7.66. The highest BCUT2D eigenvalue weighted by molar-refractivity contribution is 6.60. The summed E-state index contributed by atoms with van der Waals surface area (Å²) in [6, 6.07) is -0.189. The van der Waals surface area contributed by atoms with E-state index in [0.29, 0.717) is 0 Å². The van der Waals surface area contributed by atoms with Crippen molar-refractivity contribution in [1.29, 1.82) is 0 Å². The summed E-state index contributed by atoms with van der Waals surface area (Å²) in [5.41, 5.74) is 0. The lowest BCUT2D eigenvalue weighted by Gasteiger charge is -2.26. The third-order valence-corrected chi connectivity index (χ3v) is 5.04. The molecule has 0 aromatic heterocycles. The molecule has 134 valence electrons. The van der Waals surface area contributed by atoms with Crippen molar-refractivity contribution in [3.63, 3.8) is 0 Å². The van der Waals surface area contributed by atoms with Gasteiger partial charge in [-0.3, -0.25) is 4.74 Å². The highest BCUT2D eigenvalue weighted by atomic mass is 28.4. The van der Waals surface area contributed by atoms with Gasteiger partial charge >= 0.3 is 21.3 Å². The van der Waals surface area contributed by atoms with Crippen LogP contribution in [-0.4, -0.2) is 55.3 Å². The van der Waals surface area contributed by atoms with Crippen LogP contribution in [0.1, 0.15) is 6.42 Å². The Morgan fingerprint density at radius 3 is 1.95 bits per heavy atom. The lowest BCUT2D eigenvalue weighted by atomic mass is 10.5. The Morgan fingerprint density at radius 1 is 1.00 bits per heavy atom. The fourth-order valence-corrected chi connectivity index (χ4v) is 3.00. The Hall–Kier alpha value is -0.473. The maximum atomic E-state index is 12.5. The molecule has 0 aliphatic heterocycles. The first-order valence-electron chi connectivity index (χ1n) is 5.73. The summed E-state index contributed by atoms with van der Waals surface area (Å²) in [6.07, 6.45) is -13.7. The van der Waals surface area contributed by atoms with Crippen molar-refractivity contribution in [1.82, 2.24) is 0 Å². The van der Waals surface area contributed by atoms with Crippen molar-refractivity contribution in [3.05, 3.63) is 0 Å². The van der Waals surface area contributed by atoms with Crippen LogP contribution < -0.4 is 0 Å². The monoisotopic (exact) mass is 364 g/mol. The topological polar surface area (TPSA) is 46.2 Å². The molecule has 0 heterocycles. The summed E-state index contributed by atoms with van der Waals surface area (Å²) in [5.74, 6) is 0. The van der Waals surface area contributed by atoms with Gasteiger partial charge in [0.05, 0.1) is 6.61 Å². The van der Waals surface area contributed by atoms with E-state index >= 15 is 0 Å². The smallest absolute Gasteiger partial charge is 0.377 e. The van der Waals surface area contributed by atoms with Crippen molar-refractivity contribution in [2.24, 2.45) is 0 Å². The quantitative estimate of drug-likeness (QED) is 0.258. The second-order valence-corrected chi connectivity index (χ2v) is 6.75. The largest absolute Gasteiger partial charge is 0.524 e. The van der Waals surface area contributed by atoms with Gasteiger partial charge in [-0.05, 0) is 6.42 Å². The SMILES string of the molecule is CO[Si](CCCOC(F)C(F)(F)F)(OC)OCOC(F)(F)F. The Balaban J connectivity index is 4.23. The van der Waals surface area contributed by atoms with E-state index in [0.717, 1.165) is 14.2 Å². The molecule has 0 aliphatic carbocycles.